The van der Waals surface area contributed by atoms with Crippen molar-refractivity contribution in [2.45, 2.75) is 60.3 Å². The number of rotatable bonds is 8. The molecule has 162 valence electrons. The first-order chi connectivity index (χ1) is 14.3. The van der Waals surface area contributed by atoms with Gasteiger partial charge < -0.3 is 11.1 Å². The molecular weight excluding hydrogens is 388 g/mol. The summed E-state index contributed by atoms with van der Waals surface area (Å²) in [6.07, 6.45) is 6.90. The molecule has 0 fully saturated rings. The number of nitrogens with one attached hydrogen (secondary N) is 1. The van der Waals surface area contributed by atoms with E-state index in [1.807, 2.05) is 50.2 Å². The minimum absolute atomic E-state index is 0.716. The lowest BCUT2D eigenvalue weighted by molar-refractivity contribution is 0.772. The number of benzene rings is 2. The normalized spacial score (nSPS) is 11.9. The number of halogens is 1. The molecule has 0 aliphatic rings. The number of hydrogen-bond acceptors (Lipinski definition) is 2. The standard InChI is InChI=1S/C22H25ClN2.C5H12/c1-15-9-5-7-11-20(15)18(4)25-22(16(2)17(3)24)14-13-19-10-6-8-12-21(19)23;1-3-5-4-2/h5-12,14,25H,4,13,24H2,1-3H3;3-5H2,1-2H3/b17-16-,22-14+;. The topological polar surface area (TPSA) is 38.0 Å². The molecule has 30 heavy (non-hydrogen) atoms. The van der Waals surface area contributed by atoms with Crippen molar-refractivity contribution in [3.05, 3.63) is 99.9 Å². The number of allylic oxidation sites excluding steroid dienone is 3. The monoisotopic (exact) mass is 424 g/mol. The van der Waals surface area contributed by atoms with Crippen LogP contribution < -0.4 is 11.1 Å². The number of hydrogen-bond donors (Lipinski definition) is 2. The van der Waals surface area contributed by atoms with Crippen molar-refractivity contribution in [2.24, 2.45) is 5.73 Å². The molecule has 0 saturated carbocycles. The summed E-state index contributed by atoms with van der Waals surface area (Å²) in [6.45, 7) is 14.6. The highest BCUT2D eigenvalue weighted by molar-refractivity contribution is 6.31. The summed E-state index contributed by atoms with van der Waals surface area (Å²) in [5, 5.41) is 4.20. The molecule has 0 heterocycles. The van der Waals surface area contributed by atoms with Gasteiger partial charge in [0.15, 0.2) is 0 Å². The van der Waals surface area contributed by atoms with Gasteiger partial charge in [-0.25, -0.2) is 0 Å². The van der Waals surface area contributed by atoms with Crippen LogP contribution in [0.15, 0.2) is 78.2 Å². The molecule has 2 aromatic carbocycles. The average Bonchev–Trinajstić information content (AvgIpc) is 2.72. The third-order valence-corrected chi connectivity index (χ3v) is 5.31. The van der Waals surface area contributed by atoms with Crippen molar-refractivity contribution in [3.63, 3.8) is 0 Å². The predicted octanol–water partition coefficient (Wildman–Crippen LogP) is 7.78. The van der Waals surface area contributed by atoms with Crippen LogP contribution in [0.25, 0.3) is 5.70 Å². The molecule has 0 bridgehead atoms. The number of nitrogens with two attached hydrogens (primary N) is 1. The van der Waals surface area contributed by atoms with Crippen LogP contribution in [0.2, 0.25) is 5.02 Å². The van der Waals surface area contributed by atoms with Crippen LogP contribution in [0.1, 0.15) is 63.6 Å². The molecule has 2 rings (SSSR count). The van der Waals surface area contributed by atoms with Gasteiger partial charge in [0.05, 0.1) is 0 Å². The molecule has 0 saturated heterocycles. The van der Waals surface area contributed by atoms with E-state index in [1.165, 1.54) is 24.8 Å². The maximum Gasteiger partial charge on any atom is 0.0441 e. The van der Waals surface area contributed by atoms with Crippen LogP contribution in [0.4, 0.5) is 0 Å². The molecule has 0 aromatic heterocycles. The minimum Gasteiger partial charge on any atom is -0.402 e. The summed E-state index contributed by atoms with van der Waals surface area (Å²) >= 11 is 6.27. The molecule has 0 aliphatic carbocycles. The highest BCUT2D eigenvalue weighted by Gasteiger charge is 2.08. The minimum atomic E-state index is 0.716. The first-order valence-corrected chi connectivity index (χ1v) is 11.1. The second-order valence-electron chi connectivity index (χ2n) is 7.49. The molecule has 0 aliphatic heterocycles. The second-order valence-corrected chi connectivity index (χ2v) is 7.90. The van der Waals surface area contributed by atoms with Crippen molar-refractivity contribution in [1.82, 2.24) is 5.32 Å². The van der Waals surface area contributed by atoms with Gasteiger partial charge in [-0.05, 0) is 50.0 Å². The van der Waals surface area contributed by atoms with Crippen LogP contribution in [-0.4, -0.2) is 0 Å². The highest BCUT2D eigenvalue weighted by atomic mass is 35.5. The molecule has 3 N–H and O–H groups in total. The Balaban J connectivity index is 0.000000804. The van der Waals surface area contributed by atoms with Gasteiger partial charge in [0.25, 0.3) is 0 Å². The Morgan fingerprint density at radius 2 is 1.63 bits per heavy atom. The quantitative estimate of drug-likeness (QED) is 0.424. The fraction of sp³-hybridized carbons (Fsp3) is 0.333. The Kier molecular flexibility index (Phi) is 11.7. The van der Waals surface area contributed by atoms with Gasteiger partial charge in [-0.2, -0.15) is 0 Å². The predicted molar refractivity (Wildman–Crippen MR) is 134 cm³/mol. The van der Waals surface area contributed by atoms with Crippen molar-refractivity contribution < 1.29 is 0 Å². The van der Waals surface area contributed by atoms with Crippen molar-refractivity contribution >= 4 is 17.3 Å². The van der Waals surface area contributed by atoms with E-state index in [2.05, 4.69) is 50.9 Å². The summed E-state index contributed by atoms with van der Waals surface area (Å²) in [6, 6.07) is 16.0. The number of unbranched alkanes of at least 4 members (excludes halogenated alkanes) is 2. The van der Waals surface area contributed by atoms with E-state index in [0.717, 1.165) is 38.8 Å². The lowest BCUT2D eigenvalue weighted by Crippen LogP contribution is -2.15. The average molecular weight is 425 g/mol. The van der Waals surface area contributed by atoms with Crippen molar-refractivity contribution in [2.75, 3.05) is 0 Å². The van der Waals surface area contributed by atoms with Crippen LogP contribution >= 0.6 is 11.6 Å². The highest BCUT2D eigenvalue weighted by Crippen LogP contribution is 2.21. The zero-order valence-corrected chi connectivity index (χ0v) is 19.9. The zero-order chi connectivity index (χ0) is 22.5. The van der Waals surface area contributed by atoms with E-state index >= 15 is 0 Å². The van der Waals surface area contributed by atoms with Crippen LogP contribution in [0.3, 0.4) is 0 Å². The maximum absolute atomic E-state index is 6.27. The maximum atomic E-state index is 6.27. The summed E-state index contributed by atoms with van der Waals surface area (Å²) in [4.78, 5) is 0. The van der Waals surface area contributed by atoms with Gasteiger partial charge in [0.2, 0.25) is 0 Å². The van der Waals surface area contributed by atoms with E-state index in [4.69, 9.17) is 17.3 Å². The van der Waals surface area contributed by atoms with Gasteiger partial charge in [-0.3, -0.25) is 0 Å². The van der Waals surface area contributed by atoms with Crippen molar-refractivity contribution in [1.29, 1.82) is 0 Å². The van der Waals surface area contributed by atoms with Gasteiger partial charge in [-0.1, -0.05) is 99.8 Å². The lowest BCUT2D eigenvalue weighted by atomic mass is 10.0. The Morgan fingerprint density at radius 1 is 1.03 bits per heavy atom. The van der Waals surface area contributed by atoms with Crippen LogP contribution in [-0.2, 0) is 6.42 Å². The molecule has 0 atom stereocenters. The Bertz CT molecular complexity index is 872. The zero-order valence-electron chi connectivity index (χ0n) is 19.2. The van der Waals surface area contributed by atoms with Crippen molar-refractivity contribution in [3.8, 4) is 0 Å². The first-order valence-electron chi connectivity index (χ1n) is 10.7. The fourth-order valence-corrected chi connectivity index (χ4v) is 3.09. The Morgan fingerprint density at radius 3 is 2.17 bits per heavy atom. The van der Waals surface area contributed by atoms with Crippen LogP contribution in [0, 0.1) is 6.92 Å². The van der Waals surface area contributed by atoms with Crippen LogP contribution in [0.5, 0.6) is 0 Å². The smallest absolute Gasteiger partial charge is 0.0441 e. The Labute approximate surface area is 188 Å². The molecule has 2 aromatic rings. The number of aryl methyl sites for hydroxylation is 1. The van der Waals surface area contributed by atoms with E-state index in [0.29, 0.717) is 6.42 Å². The van der Waals surface area contributed by atoms with E-state index in [-0.39, 0.29) is 0 Å². The van der Waals surface area contributed by atoms with E-state index in [9.17, 15) is 0 Å². The molecule has 0 unspecified atom stereocenters. The summed E-state index contributed by atoms with van der Waals surface area (Å²) in [5.41, 5.74) is 12.9. The SMILES string of the molecule is C=C(NC(=C/Cc1ccccc1Cl)/C(C)=C(/C)N)c1ccccc1C.CCCCC. The summed E-state index contributed by atoms with van der Waals surface area (Å²) in [5.74, 6) is 0. The lowest BCUT2D eigenvalue weighted by Gasteiger charge is -2.17. The van der Waals surface area contributed by atoms with Gasteiger partial charge in [0, 0.05) is 27.7 Å². The molecule has 3 heteroatoms. The fourth-order valence-electron chi connectivity index (χ4n) is 2.88. The molecule has 0 spiro atoms. The molecule has 2 nitrogen and oxygen atoms in total. The Hall–Kier alpha value is -2.45. The third kappa shape index (κ3) is 8.51. The largest absolute Gasteiger partial charge is 0.402 e. The van der Waals surface area contributed by atoms with Gasteiger partial charge in [-0.15, -0.1) is 0 Å². The summed E-state index contributed by atoms with van der Waals surface area (Å²) < 4.78 is 0. The second kappa shape index (κ2) is 13.7. The molecule has 0 radical (unpaired) electrons. The summed E-state index contributed by atoms with van der Waals surface area (Å²) in [7, 11) is 0. The molecular formula is C27H37ClN2. The first kappa shape index (κ1) is 25.6. The van der Waals surface area contributed by atoms with E-state index in [1.54, 1.807) is 0 Å². The molecule has 0 amide bonds. The van der Waals surface area contributed by atoms with Gasteiger partial charge in [0.1, 0.15) is 0 Å². The van der Waals surface area contributed by atoms with Gasteiger partial charge >= 0.3 is 0 Å². The van der Waals surface area contributed by atoms with E-state index < -0.39 is 0 Å². The third-order valence-electron chi connectivity index (χ3n) is 4.94.